The molecule has 5 rings (SSSR count). The lowest BCUT2D eigenvalue weighted by Crippen LogP contribution is -2.57. The topological polar surface area (TPSA) is 137 Å². The summed E-state index contributed by atoms with van der Waals surface area (Å²) in [5.41, 5.74) is -1.38. The fraction of sp³-hybridized carbons (Fsp3) is 0.357. The van der Waals surface area contributed by atoms with E-state index in [4.69, 9.17) is 11.6 Å². The molecule has 2 aromatic carbocycles. The van der Waals surface area contributed by atoms with E-state index in [0.29, 0.717) is 18.4 Å². The number of nitrogens with zero attached hydrogens (tertiary/aromatic N) is 1. The van der Waals surface area contributed by atoms with Gasteiger partial charge in [0.15, 0.2) is 21.5 Å². The van der Waals surface area contributed by atoms with E-state index in [9.17, 15) is 37.3 Å². The lowest BCUT2D eigenvalue weighted by atomic mass is 9.69. The Morgan fingerprint density at radius 1 is 1.00 bits per heavy atom. The van der Waals surface area contributed by atoms with Crippen LogP contribution in [0.4, 0.5) is 14.5 Å². The van der Waals surface area contributed by atoms with Crippen molar-refractivity contribution in [2.75, 3.05) is 5.32 Å². The van der Waals surface area contributed by atoms with E-state index in [2.05, 4.69) is 10.3 Å². The van der Waals surface area contributed by atoms with Gasteiger partial charge in [-0.25, -0.2) is 17.2 Å². The van der Waals surface area contributed by atoms with Gasteiger partial charge in [0.2, 0.25) is 0 Å². The Labute approximate surface area is 234 Å². The molecular formula is C28H27ClF2N2O6S. The third-order valence-electron chi connectivity index (χ3n) is 8.20. The molecule has 0 radical (unpaired) electrons. The highest BCUT2D eigenvalue weighted by molar-refractivity contribution is 7.92. The molecule has 12 heteroatoms. The molecule has 0 spiro atoms. The maximum absolute atomic E-state index is 13.8. The lowest BCUT2D eigenvalue weighted by molar-refractivity contribution is -0.177. The quantitative estimate of drug-likeness (QED) is 0.325. The van der Waals surface area contributed by atoms with Crippen LogP contribution in [0.5, 0.6) is 0 Å². The Morgan fingerprint density at radius 3 is 2.27 bits per heavy atom. The first-order valence-electron chi connectivity index (χ1n) is 12.7. The number of fused-ring (bicyclic) bond motifs is 2. The number of aliphatic hydroxyl groups is 3. The third-order valence-corrected chi connectivity index (χ3v) is 10.9. The van der Waals surface area contributed by atoms with E-state index in [1.165, 1.54) is 42.7 Å². The van der Waals surface area contributed by atoms with E-state index in [0.717, 1.165) is 18.2 Å². The SMILES string of the molecule is O=C(Nc1ccc(F)c(F)c1)c1ccc(Cl)c(S(=O)(=O)[C@@H]2CC3CC[C@@H](C2)[C@@]3(O)C(O)C(O)c2ccncc2)c1. The molecule has 1 heterocycles. The van der Waals surface area contributed by atoms with Crippen LogP contribution >= 0.6 is 11.6 Å². The highest BCUT2D eigenvalue weighted by Gasteiger charge is 2.60. The molecule has 2 bridgehead atoms. The monoisotopic (exact) mass is 592 g/mol. The van der Waals surface area contributed by atoms with Gasteiger partial charge in [-0.05, 0) is 85.5 Å². The van der Waals surface area contributed by atoms with Gasteiger partial charge in [-0.3, -0.25) is 9.78 Å². The average Bonchev–Trinajstić information content (AvgIpc) is 3.10. The van der Waals surface area contributed by atoms with Crippen molar-refractivity contribution in [1.82, 2.24) is 4.98 Å². The first kappa shape index (κ1) is 28.6. The van der Waals surface area contributed by atoms with Crippen LogP contribution < -0.4 is 5.32 Å². The van der Waals surface area contributed by atoms with E-state index in [1.54, 1.807) is 0 Å². The maximum Gasteiger partial charge on any atom is 0.255 e. The van der Waals surface area contributed by atoms with E-state index in [-0.39, 0.29) is 34.0 Å². The number of carbonyl (C=O) groups is 1. The van der Waals surface area contributed by atoms with Gasteiger partial charge in [0, 0.05) is 29.7 Å². The zero-order valence-electron chi connectivity index (χ0n) is 21.0. The van der Waals surface area contributed by atoms with Gasteiger partial charge in [0.25, 0.3) is 5.91 Å². The molecule has 2 fully saturated rings. The fourth-order valence-electron chi connectivity index (χ4n) is 6.09. The molecule has 1 amide bonds. The minimum atomic E-state index is -4.09. The van der Waals surface area contributed by atoms with Crippen LogP contribution in [0, 0.1) is 23.5 Å². The summed E-state index contributed by atoms with van der Waals surface area (Å²) in [5.74, 6) is -4.18. The van der Waals surface area contributed by atoms with Gasteiger partial charge < -0.3 is 20.6 Å². The number of sulfone groups is 1. The minimum Gasteiger partial charge on any atom is -0.387 e. The number of rotatable bonds is 7. The summed E-state index contributed by atoms with van der Waals surface area (Å²) in [4.78, 5) is 16.4. The van der Waals surface area contributed by atoms with Crippen molar-refractivity contribution in [3.05, 3.63) is 88.7 Å². The first-order chi connectivity index (χ1) is 18.9. The Bertz CT molecular complexity index is 1530. The molecule has 212 valence electrons. The van der Waals surface area contributed by atoms with Crippen LogP contribution in [-0.2, 0) is 9.84 Å². The largest absolute Gasteiger partial charge is 0.387 e. The predicted molar refractivity (Wildman–Crippen MR) is 142 cm³/mol. The normalized spacial score (nSPS) is 25.8. The fourth-order valence-corrected chi connectivity index (χ4v) is 8.50. The van der Waals surface area contributed by atoms with Gasteiger partial charge in [-0.1, -0.05) is 11.6 Å². The molecule has 0 saturated heterocycles. The van der Waals surface area contributed by atoms with Gasteiger partial charge in [0.05, 0.1) is 20.8 Å². The number of nitrogens with one attached hydrogen (secondary N) is 1. The summed E-state index contributed by atoms with van der Waals surface area (Å²) in [6.07, 6.45) is 0.989. The van der Waals surface area contributed by atoms with Crippen LogP contribution in [0.2, 0.25) is 5.02 Å². The summed E-state index contributed by atoms with van der Waals surface area (Å²) in [6.45, 7) is 0. The van der Waals surface area contributed by atoms with Crippen LogP contribution in [0.25, 0.3) is 0 Å². The standard InChI is InChI=1S/C28H27ClF2N2O6S/c29-21-5-1-16(27(36)33-19-4-6-22(30)23(31)14-19)11-24(21)40(38,39)20-12-17-2-3-18(13-20)28(17,37)26(35)25(34)15-7-9-32-10-8-15/h1,4-11,14,17-18,20,25-26,34-35,37H,2-3,12-13H2,(H,33,36)/t17-,18?,20-,25?,26?,28-/m0/s1. The number of benzene rings is 2. The van der Waals surface area contributed by atoms with Crippen molar-refractivity contribution in [3.63, 3.8) is 0 Å². The number of hydrogen-bond donors (Lipinski definition) is 4. The molecule has 2 saturated carbocycles. The molecule has 0 aliphatic heterocycles. The second kappa shape index (κ2) is 10.8. The zero-order valence-corrected chi connectivity index (χ0v) is 22.6. The van der Waals surface area contributed by atoms with Crippen LogP contribution in [-0.4, -0.2) is 51.6 Å². The first-order valence-corrected chi connectivity index (χ1v) is 14.6. The lowest BCUT2D eigenvalue weighted by Gasteiger charge is -2.46. The third kappa shape index (κ3) is 5.01. The second-order valence-corrected chi connectivity index (χ2v) is 13.0. The maximum atomic E-state index is 13.8. The van der Waals surface area contributed by atoms with Crippen molar-refractivity contribution < 1.29 is 37.3 Å². The van der Waals surface area contributed by atoms with E-state index in [1.807, 2.05) is 0 Å². The van der Waals surface area contributed by atoms with Crippen LogP contribution in [0.1, 0.15) is 47.7 Å². The number of hydrogen-bond acceptors (Lipinski definition) is 7. The van der Waals surface area contributed by atoms with Crippen LogP contribution in [0.3, 0.4) is 0 Å². The molecule has 4 N–H and O–H groups in total. The Morgan fingerprint density at radius 2 is 1.65 bits per heavy atom. The highest BCUT2D eigenvalue weighted by atomic mass is 35.5. The average molecular weight is 593 g/mol. The van der Waals surface area contributed by atoms with Crippen molar-refractivity contribution >= 4 is 33.0 Å². The van der Waals surface area contributed by atoms with Gasteiger partial charge >= 0.3 is 0 Å². The number of halogens is 3. The molecular weight excluding hydrogens is 566 g/mol. The molecule has 3 aromatic rings. The van der Waals surface area contributed by atoms with Gasteiger partial charge in [0.1, 0.15) is 12.2 Å². The smallest absolute Gasteiger partial charge is 0.255 e. The predicted octanol–water partition coefficient (Wildman–Crippen LogP) is 4.05. The molecule has 40 heavy (non-hydrogen) atoms. The second-order valence-electron chi connectivity index (χ2n) is 10.4. The summed E-state index contributed by atoms with van der Waals surface area (Å²) in [6, 6.07) is 9.63. The Kier molecular flexibility index (Phi) is 7.71. The Balaban J connectivity index is 1.37. The molecule has 6 atom stereocenters. The molecule has 2 aliphatic rings. The number of aromatic nitrogens is 1. The highest BCUT2D eigenvalue weighted by Crippen LogP contribution is 2.55. The van der Waals surface area contributed by atoms with Crippen molar-refractivity contribution in [2.45, 2.75) is 53.6 Å². The zero-order chi connectivity index (χ0) is 28.8. The molecule has 8 nitrogen and oxygen atoms in total. The number of pyridine rings is 1. The minimum absolute atomic E-state index is 0.0149. The van der Waals surface area contributed by atoms with Crippen LogP contribution in [0.15, 0.2) is 65.8 Å². The molecule has 1 aromatic heterocycles. The summed E-state index contributed by atoms with van der Waals surface area (Å²) in [7, 11) is -4.09. The van der Waals surface area contributed by atoms with E-state index < -0.39 is 62.3 Å². The number of aliphatic hydroxyl groups excluding tert-OH is 2. The van der Waals surface area contributed by atoms with Gasteiger partial charge in [-0.15, -0.1) is 0 Å². The molecule has 2 aliphatic carbocycles. The van der Waals surface area contributed by atoms with Crippen molar-refractivity contribution in [1.29, 1.82) is 0 Å². The van der Waals surface area contributed by atoms with Gasteiger partial charge in [-0.2, -0.15) is 0 Å². The number of amides is 1. The number of anilines is 1. The Hall–Kier alpha value is -2.96. The van der Waals surface area contributed by atoms with Crippen molar-refractivity contribution in [2.24, 2.45) is 11.8 Å². The van der Waals surface area contributed by atoms with E-state index >= 15 is 0 Å². The number of carbonyl (C=O) groups excluding carboxylic acids is 1. The summed E-state index contributed by atoms with van der Waals surface area (Å²) >= 11 is 6.28. The summed E-state index contributed by atoms with van der Waals surface area (Å²) < 4.78 is 54.3. The summed E-state index contributed by atoms with van der Waals surface area (Å²) in [5, 5.41) is 34.8. The molecule has 3 unspecified atom stereocenters. The van der Waals surface area contributed by atoms with Crippen molar-refractivity contribution in [3.8, 4) is 0 Å².